The summed E-state index contributed by atoms with van der Waals surface area (Å²) in [6.45, 7) is 1.74. The molecular weight excluding hydrogens is 480 g/mol. The van der Waals surface area contributed by atoms with Gasteiger partial charge in [0.25, 0.3) is 11.8 Å². The number of carbonyl (C=O) groups excluding carboxylic acids is 2. The molecule has 0 aliphatic rings. The van der Waals surface area contributed by atoms with Crippen molar-refractivity contribution < 1.29 is 9.59 Å². The lowest BCUT2D eigenvalue weighted by atomic mass is 10.1. The van der Waals surface area contributed by atoms with Crippen LogP contribution >= 0.6 is 46.4 Å². The lowest BCUT2D eigenvalue weighted by Crippen LogP contribution is -2.19. The molecule has 0 bridgehead atoms. The van der Waals surface area contributed by atoms with Crippen LogP contribution in [-0.2, 0) is 0 Å². The normalized spacial score (nSPS) is 11.2. The number of halogens is 4. The molecule has 0 aliphatic carbocycles. The number of nitrogens with one attached hydrogen (secondary N) is 2. The maximum absolute atomic E-state index is 12.4. The van der Waals surface area contributed by atoms with E-state index in [4.69, 9.17) is 46.4 Å². The highest BCUT2D eigenvalue weighted by molar-refractivity contribution is 6.37. The molecule has 0 unspecified atom stereocenters. The summed E-state index contributed by atoms with van der Waals surface area (Å²) in [6.07, 6.45) is 0. The Kier molecular flexibility index (Phi) is 7.57. The van der Waals surface area contributed by atoms with Crippen LogP contribution in [0.2, 0.25) is 20.1 Å². The van der Waals surface area contributed by atoms with Crippen molar-refractivity contribution in [3.05, 3.63) is 97.4 Å². The quantitative estimate of drug-likeness (QED) is 0.305. The number of hydrazone groups is 1. The summed E-state index contributed by atoms with van der Waals surface area (Å²) in [5, 5.41) is 8.25. The second kappa shape index (κ2) is 10.2. The Bertz CT molecular complexity index is 1180. The summed E-state index contributed by atoms with van der Waals surface area (Å²) in [5.74, 6) is -0.809. The molecule has 2 amide bonds. The third-order valence-corrected chi connectivity index (χ3v) is 5.33. The van der Waals surface area contributed by atoms with E-state index in [1.807, 2.05) is 0 Å². The molecule has 9 heteroatoms. The smallest absolute Gasteiger partial charge is 0.272 e. The predicted molar refractivity (Wildman–Crippen MR) is 127 cm³/mol. The van der Waals surface area contributed by atoms with Crippen molar-refractivity contribution >= 4 is 69.6 Å². The highest BCUT2D eigenvalue weighted by atomic mass is 35.5. The minimum Gasteiger partial charge on any atom is -0.322 e. The topological polar surface area (TPSA) is 70.6 Å². The standard InChI is InChI=1S/C22H15Cl4N3O2/c1-12(28-29-22(31)18-9-5-15(24)11-20(18)26)13-2-6-16(7-3-13)27-21(30)17-8-4-14(23)10-19(17)25/h2-11H,1H3,(H,27,30)(H,29,31). The van der Waals surface area contributed by atoms with Crippen LogP contribution in [0.4, 0.5) is 5.69 Å². The molecule has 158 valence electrons. The number of carbonyl (C=O) groups is 2. The lowest BCUT2D eigenvalue weighted by Gasteiger charge is -2.08. The Morgan fingerprint density at radius 1 is 0.742 bits per heavy atom. The van der Waals surface area contributed by atoms with Crippen LogP contribution in [0, 0.1) is 0 Å². The summed E-state index contributed by atoms with van der Waals surface area (Å²) in [5.41, 5.74) is 4.94. The molecule has 0 saturated carbocycles. The van der Waals surface area contributed by atoms with E-state index in [0.29, 0.717) is 27.0 Å². The number of benzene rings is 3. The fraction of sp³-hybridized carbons (Fsp3) is 0.0455. The van der Waals surface area contributed by atoms with Gasteiger partial charge in [-0.05, 0) is 61.0 Å². The maximum atomic E-state index is 12.4. The number of anilines is 1. The van der Waals surface area contributed by atoms with Gasteiger partial charge >= 0.3 is 0 Å². The summed E-state index contributed by atoms with van der Waals surface area (Å²) in [4.78, 5) is 24.7. The van der Waals surface area contributed by atoms with Crippen molar-refractivity contribution in [2.24, 2.45) is 5.10 Å². The number of hydrogen-bond donors (Lipinski definition) is 2. The van der Waals surface area contributed by atoms with Gasteiger partial charge in [0, 0.05) is 15.7 Å². The van der Waals surface area contributed by atoms with Crippen LogP contribution in [0.3, 0.4) is 0 Å². The molecule has 0 fully saturated rings. The van der Waals surface area contributed by atoms with Gasteiger partial charge in [-0.1, -0.05) is 58.5 Å². The van der Waals surface area contributed by atoms with Crippen LogP contribution in [0.1, 0.15) is 33.2 Å². The highest BCUT2D eigenvalue weighted by Crippen LogP contribution is 2.23. The first-order chi connectivity index (χ1) is 14.7. The van der Waals surface area contributed by atoms with Crippen molar-refractivity contribution in [3.8, 4) is 0 Å². The molecule has 3 rings (SSSR count). The number of hydrogen-bond acceptors (Lipinski definition) is 3. The first kappa shape index (κ1) is 23.1. The lowest BCUT2D eigenvalue weighted by molar-refractivity contribution is 0.0954. The SMILES string of the molecule is CC(=NNC(=O)c1ccc(Cl)cc1Cl)c1ccc(NC(=O)c2ccc(Cl)cc2Cl)cc1. The molecule has 5 nitrogen and oxygen atoms in total. The van der Waals surface area contributed by atoms with Gasteiger partial charge in [-0.15, -0.1) is 0 Å². The molecule has 0 spiro atoms. The molecular formula is C22H15Cl4N3O2. The Labute approximate surface area is 199 Å². The largest absolute Gasteiger partial charge is 0.322 e. The van der Waals surface area contributed by atoms with Gasteiger partial charge in [0.05, 0.1) is 26.9 Å². The van der Waals surface area contributed by atoms with Crippen LogP contribution in [0.5, 0.6) is 0 Å². The third-order valence-electron chi connectivity index (χ3n) is 4.24. The molecule has 3 aromatic rings. The van der Waals surface area contributed by atoms with Crippen molar-refractivity contribution in [3.63, 3.8) is 0 Å². The van der Waals surface area contributed by atoms with E-state index >= 15 is 0 Å². The molecule has 0 atom stereocenters. The van der Waals surface area contributed by atoms with E-state index in [2.05, 4.69) is 15.8 Å². The highest BCUT2D eigenvalue weighted by Gasteiger charge is 2.12. The minimum atomic E-state index is -0.454. The average Bonchev–Trinajstić information content (AvgIpc) is 2.72. The van der Waals surface area contributed by atoms with Crippen LogP contribution in [-0.4, -0.2) is 17.5 Å². The Morgan fingerprint density at radius 3 is 1.77 bits per heavy atom. The maximum Gasteiger partial charge on any atom is 0.272 e. The second-order valence-electron chi connectivity index (χ2n) is 6.42. The van der Waals surface area contributed by atoms with Gasteiger partial charge in [0.2, 0.25) is 0 Å². The van der Waals surface area contributed by atoms with Crippen molar-refractivity contribution in [2.45, 2.75) is 6.92 Å². The molecule has 2 N–H and O–H groups in total. The monoisotopic (exact) mass is 493 g/mol. The Balaban J connectivity index is 1.66. The van der Waals surface area contributed by atoms with E-state index < -0.39 is 5.91 Å². The van der Waals surface area contributed by atoms with Gasteiger partial charge in [-0.25, -0.2) is 5.43 Å². The zero-order chi connectivity index (χ0) is 22.5. The summed E-state index contributed by atoms with van der Waals surface area (Å²) < 4.78 is 0. The van der Waals surface area contributed by atoms with Crippen LogP contribution < -0.4 is 10.7 Å². The van der Waals surface area contributed by atoms with Gasteiger partial charge in [-0.3, -0.25) is 9.59 Å². The van der Waals surface area contributed by atoms with Crippen LogP contribution in [0.15, 0.2) is 65.8 Å². The van der Waals surface area contributed by atoms with Crippen molar-refractivity contribution in [2.75, 3.05) is 5.32 Å². The summed E-state index contributed by atoms with van der Waals surface area (Å²) >= 11 is 23.8. The summed E-state index contributed by atoms with van der Waals surface area (Å²) in [7, 11) is 0. The zero-order valence-electron chi connectivity index (χ0n) is 16.0. The zero-order valence-corrected chi connectivity index (χ0v) is 19.1. The van der Waals surface area contributed by atoms with E-state index in [1.165, 1.54) is 18.2 Å². The van der Waals surface area contributed by atoms with E-state index in [-0.39, 0.29) is 21.5 Å². The van der Waals surface area contributed by atoms with Gasteiger partial charge in [0.1, 0.15) is 0 Å². The summed E-state index contributed by atoms with van der Waals surface area (Å²) in [6, 6.07) is 16.2. The Hall–Kier alpha value is -2.57. The van der Waals surface area contributed by atoms with Crippen LogP contribution in [0.25, 0.3) is 0 Å². The second-order valence-corrected chi connectivity index (χ2v) is 8.11. The molecule has 0 saturated heterocycles. The molecule has 0 aromatic heterocycles. The van der Waals surface area contributed by atoms with Crippen molar-refractivity contribution in [1.82, 2.24) is 5.43 Å². The van der Waals surface area contributed by atoms with Gasteiger partial charge in [-0.2, -0.15) is 5.10 Å². The predicted octanol–water partition coefficient (Wildman–Crippen LogP) is 6.71. The first-order valence-corrected chi connectivity index (χ1v) is 10.4. The van der Waals surface area contributed by atoms with Gasteiger partial charge in [0.15, 0.2) is 0 Å². The fourth-order valence-electron chi connectivity index (χ4n) is 2.60. The van der Waals surface area contributed by atoms with E-state index in [0.717, 1.165) is 5.56 Å². The number of nitrogens with zero attached hydrogens (tertiary/aromatic N) is 1. The van der Waals surface area contributed by atoms with Gasteiger partial charge < -0.3 is 5.32 Å². The number of amides is 2. The molecule has 0 heterocycles. The molecule has 0 aliphatic heterocycles. The van der Waals surface area contributed by atoms with E-state index in [1.54, 1.807) is 49.4 Å². The number of rotatable bonds is 5. The minimum absolute atomic E-state index is 0.235. The fourth-order valence-corrected chi connectivity index (χ4v) is 3.59. The third kappa shape index (κ3) is 5.99. The van der Waals surface area contributed by atoms with E-state index in [9.17, 15) is 9.59 Å². The Morgan fingerprint density at radius 2 is 1.26 bits per heavy atom. The molecule has 31 heavy (non-hydrogen) atoms. The molecule has 0 radical (unpaired) electrons. The van der Waals surface area contributed by atoms with Crippen molar-refractivity contribution in [1.29, 1.82) is 0 Å². The first-order valence-electron chi connectivity index (χ1n) is 8.91. The average molecular weight is 495 g/mol. The molecule has 3 aromatic carbocycles.